The average molecular weight is 434 g/mol. The normalized spacial score (nSPS) is 13.6. The molecule has 3 aromatic rings. The SMILES string of the molecule is CCOc1ccc(N(C(=O)OC(C)(C)C)c2c(C3CC3)c(N)c(C#N)c3ccnn23)cc1. The molecule has 1 aliphatic rings. The number of anilines is 3. The van der Waals surface area contributed by atoms with Crippen LogP contribution >= 0.6 is 0 Å². The highest BCUT2D eigenvalue weighted by Crippen LogP contribution is 2.50. The molecule has 1 fully saturated rings. The van der Waals surface area contributed by atoms with Crippen molar-refractivity contribution < 1.29 is 14.3 Å². The molecule has 0 atom stereocenters. The quantitative estimate of drug-likeness (QED) is 0.597. The van der Waals surface area contributed by atoms with Gasteiger partial charge in [-0.05, 0) is 76.8 Å². The van der Waals surface area contributed by atoms with Crippen molar-refractivity contribution in [3.63, 3.8) is 0 Å². The predicted octanol–water partition coefficient (Wildman–Crippen LogP) is 5.14. The summed E-state index contributed by atoms with van der Waals surface area (Å²) in [5, 5.41) is 14.2. The van der Waals surface area contributed by atoms with Gasteiger partial charge in [0.2, 0.25) is 0 Å². The Morgan fingerprint density at radius 3 is 2.53 bits per heavy atom. The van der Waals surface area contributed by atoms with Gasteiger partial charge in [-0.1, -0.05) is 0 Å². The summed E-state index contributed by atoms with van der Waals surface area (Å²) in [6.45, 7) is 7.91. The van der Waals surface area contributed by atoms with Crippen LogP contribution in [-0.2, 0) is 4.74 Å². The average Bonchev–Trinajstić information content (AvgIpc) is 3.44. The number of fused-ring (bicyclic) bond motifs is 1. The number of nitrogens with two attached hydrogens (primary N) is 1. The van der Waals surface area contributed by atoms with Crippen LogP contribution in [-0.4, -0.2) is 27.9 Å². The molecule has 4 rings (SSSR count). The minimum absolute atomic E-state index is 0.151. The maximum Gasteiger partial charge on any atom is 0.420 e. The van der Waals surface area contributed by atoms with E-state index < -0.39 is 11.7 Å². The topological polar surface area (TPSA) is 106 Å². The first-order valence-corrected chi connectivity index (χ1v) is 10.7. The maximum absolute atomic E-state index is 13.5. The zero-order valence-corrected chi connectivity index (χ0v) is 18.8. The van der Waals surface area contributed by atoms with Crippen molar-refractivity contribution >= 4 is 28.8 Å². The Morgan fingerprint density at radius 2 is 1.97 bits per heavy atom. The molecule has 1 amide bonds. The minimum Gasteiger partial charge on any atom is -0.494 e. The monoisotopic (exact) mass is 433 g/mol. The van der Waals surface area contributed by atoms with Crippen LogP contribution in [0.25, 0.3) is 5.52 Å². The van der Waals surface area contributed by atoms with Gasteiger partial charge in [-0.3, -0.25) is 0 Å². The van der Waals surface area contributed by atoms with Crippen LogP contribution < -0.4 is 15.4 Å². The van der Waals surface area contributed by atoms with E-state index in [0.717, 1.165) is 18.4 Å². The summed E-state index contributed by atoms with van der Waals surface area (Å²) < 4.78 is 12.9. The van der Waals surface area contributed by atoms with Gasteiger partial charge in [-0.2, -0.15) is 10.4 Å². The number of hydrogen-bond donors (Lipinski definition) is 1. The molecule has 32 heavy (non-hydrogen) atoms. The Balaban J connectivity index is 1.97. The highest BCUT2D eigenvalue weighted by molar-refractivity contribution is 5.98. The second-order valence-corrected chi connectivity index (χ2v) is 8.78. The van der Waals surface area contributed by atoms with Gasteiger partial charge in [0, 0.05) is 5.56 Å². The highest BCUT2D eigenvalue weighted by atomic mass is 16.6. The van der Waals surface area contributed by atoms with E-state index in [1.165, 1.54) is 4.90 Å². The summed E-state index contributed by atoms with van der Waals surface area (Å²) in [6, 6.07) is 11.1. The summed E-state index contributed by atoms with van der Waals surface area (Å²) in [4.78, 5) is 15.0. The van der Waals surface area contributed by atoms with Gasteiger partial charge in [0.1, 0.15) is 28.8 Å². The van der Waals surface area contributed by atoms with Gasteiger partial charge in [0.25, 0.3) is 0 Å². The van der Waals surface area contributed by atoms with E-state index in [9.17, 15) is 10.1 Å². The van der Waals surface area contributed by atoms with Crippen LogP contribution in [0.15, 0.2) is 36.5 Å². The largest absolute Gasteiger partial charge is 0.494 e. The van der Waals surface area contributed by atoms with Crippen molar-refractivity contribution in [3.05, 3.63) is 47.7 Å². The second kappa shape index (κ2) is 8.08. The zero-order valence-electron chi connectivity index (χ0n) is 18.8. The van der Waals surface area contributed by atoms with Crippen LogP contribution in [0.4, 0.5) is 22.0 Å². The summed E-state index contributed by atoms with van der Waals surface area (Å²) in [5.74, 6) is 1.35. The smallest absolute Gasteiger partial charge is 0.420 e. The fraction of sp³-hybridized carbons (Fsp3) is 0.375. The fourth-order valence-corrected chi connectivity index (χ4v) is 3.76. The van der Waals surface area contributed by atoms with Crippen molar-refractivity contribution in [1.29, 1.82) is 5.26 Å². The summed E-state index contributed by atoms with van der Waals surface area (Å²) >= 11 is 0. The van der Waals surface area contributed by atoms with Gasteiger partial charge in [-0.25, -0.2) is 14.2 Å². The maximum atomic E-state index is 13.5. The lowest BCUT2D eigenvalue weighted by Crippen LogP contribution is -2.35. The lowest BCUT2D eigenvalue weighted by atomic mass is 10.0. The molecular weight excluding hydrogens is 406 g/mol. The molecule has 0 radical (unpaired) electrons. The fourth-order valence-electron chi connectivity index (χ4n) is 3.76. The standard InChI is InChI=1S/C24H27N5O3/c1-5-31-17-10-8-16(9-11-17)28(23(30)32-24(2,3)4)22-20(15-6-7-15)21(26)18(14-25)19-12-13-27-29(19)22/h8-13,15H,5-7,26H2,1-4H3. The molecule has 8 heteroatoms. The van der Waals surface area contributed by atoms with E-state index in [1.807, 2.05) is 27.7 Å². The molecule has 0 aliphatic heterocycles. The number of nitrogens with zero attached hydrogens (tertiary/aromatic N) is 4. The lowest BCUT2D eigenvalue weighted by molar-refractivity contribution is 0.0597. The van der Waals surface area contributed by atoms with E-state index in [-0.39, 0.29) is 5.92 Å². The molecule has 0 saturated heterocycles. The van der Waals surface area contributed by atoms with E-state index in [0.29, 0.717) is 40.6 Å². The molecule has 166 valence electrons. The van der Waals surface area contributed by atoms with E-state index in [1.54, 1.807) is 41.0 Å². The van der Waals surface area contributed by atoms with Crippen LogP contribution in [0.3, 0.4) is 0 Å². The van der Waals surface area contributed by atoms with Gasteiger partial charge >= 0.3 is 6.09 Å². The second-order valence-electron chi connectivity index (χ2n) is 8.78. The van der Waals surface area contributed by atoms with Crippen molar-refractivity contribution in [3.8, 4) is 11.8 Å². The van der Waals surface area contributed by atoms with Crippen molar-refractivity contribution in [2.24, 2.45) is 0 Å². The van der Waals surface area contributed by atoms with Crippen LogP contribution in [0.1, 0.15) is 57.6 Å². The van der Waals surface area contributed by atoms with Gasteiger partial charge in [-0.15, -0.1) is 0 Å². The van der Waals surface area contributed by atoms with E-state index in [2.05, 4.69) is 11.2 Å². The molecule has 1 saturated carbocycles. The summed E-state index contributed by atoms with van der Waals surface area (Å²) in [5.41, 5.74) is 8.43. The molecule has 0 bridgehead atoms. The van der Waals surface area contributed by atoms with Gasteiger partial charge in [0.15, 0.2) is 0 Å². The Labute approximate surface area is 187 Å². The van der Waals surface area contributed by atoms with Crippen molar-refractivity contribution in [2.45, 2.75) is 52.1 Å². The molecule has 2 heterocycles. The van der Waals surface area contributed by atoms with Crippen LogP contribution in [0.2, 0.25) is 0 Å². The first kappa shape index (κ1) is 21.5. The number of rotatable bonds is 5. The first-order valence-electron chi connectivity index (χ1n) is 10.7. The first-order chi connectivity index (χ1) is 15.2. The number of ether oxygens (including phenoxy) is 2. The molecule has 8 nitrogen and oxygen atoms in total. The van der Waals surface area contributed by atoms with Gasteiger partial charge in [0.05, 0.1) is 29.7 Å². The molecule has 1 aromatic carbocycles. The molecular formula is C24H27N5O3. The number of carbonyl (C=O) groups is 1. The van der Waals surface area contributed by atoms with E-state index >= 15 is 0 Å². The Bertz CT molecular complexity index is 1200. The predicted molar refractivity (Wildman–Crippen MR) is 122 cm³/mol. The number of benzene rings is 1. The number of hydrogen-bond acceptors (Lipinski definition) is 6. The Hall–Kier alpha value is -3.73. The Morgan fingerprint density at radius 1 is 1.28 bits per heavy atom. The van der Waals surface area contributed by atoms with Crippen molar-refractivity contribution in [2.75, 3.05) is 17.2 Å². The molecule has 2 N–H and O–H groups in total. The molecule has 0 spiro atoms. The van der Waals surface area contributed by atoms with Crippen LogP contribution in [0.5, 0.6) is 5.75 Å². The zero-order chi connectivity index (χ0) is 23.0. The third-order valence-electron chi connectivity index (χ3n) is 5.19. The van der Waals surface area contributed by atoms with Crippen molar-refractivity contribution in [1.82, 2.24) is 9.61 Å². The summed E-state index contributed by atoms with van der Waals surface area (Å²) in [7, 11) is 0. The van der Waals surface area contributed by atoms with E-state index in [4.69, 9.17) is 15.2 Å². The third kappa shape index (κ3) is 3.94. The number of pyridine rings is 1. The number of nitriles is 1. The van der Waals surface area contributed by atoms with Gasteiger partial charge < -0.3 is 15.2 Å². The Kier molecular flexibility index (Phi) is 5.43. The molecule has 1 aliphatic carbocycles. The number of aromatic nitrogens is 2. The third-order valence-corrected chi connectivity index (χ3v) is 5.19. The number of nitrogen functional groups attached to an aromatic ring is 1. The molecule has 2 aromatic heterocycles. The molecule has 0 unspecified atom stereocenters. The van der Waals surface area contributed by atoms with Crippen LogP contribution in [0, 0.1) is 11.3 Å². The summed E-state index contributed by atoms with van der Waals surface area (Å²) in [6.07, 6.45) is 2.91. The minimum atomic E-state index is -0.707. The number of amides is 1. The number of carbonyl (C=O) groups excluding carboxylic acids is 1. The lowest BCUT2D eigenvalue weighted by Gasteiger charge is -2.30. The highest BCUT2D eigenvalue weighted by Gasteiger charge is 2.37.